The number of fused-ring (bicyclic) bond motifs is 1. The van der Waals surface area contributed by atoms with E-state index in [1.807, 2.05) is 26.1 Å². The van der Waals surface area contributed by atoms with E-state index in [0.717, 1.165) is 71.6 Å². The minimum atomic E-state index is -0.0483. The standard InChI is InChI=1S/C38H51N7O/c1-7-45(31-11-9-30(10-12-31)43(4)5)36-22-29(28-8-13-35(40-23-28)27-15-18-44(6)19-16-27)21-33-32(36)14-17-39-37(33)41-24-34-25(2)20-26(3)42-38(34)46/h8,13-14,17,20-23,27,30-31H,7,9-12,15-16,18-19,24H2,1-6H3,(H,39,41)(H,42,46). The SMILES string of the molecule is CCN(c1cc(-c2ccc(C3CCN(C)CC3)nc2)cc2c(NCc3c(C)cc(C)[nH]c3=O)nccc12)C1CCC(N(C)C)CC1. The molecule has 2 N–H and O–H groups in total. The normalized spacial score (nSPS) is 19.5. The minimum absolute atomic E-state index is 0.0483. The average molecular weight is 622 g/mol. The molecule has 6 rings (SSSR count). The number of benzene rings is 1. The van der Waals surface area contributed by atoms with Gasteiger partial charge in [-0.1, -0.05) is 6.07 Å². The van der Waals surface area contributed by atoms with E-state index in [1.165, 1.54) is 42.5 Å². The number of anilines is 2. The smallest absolute Gasteiger partial charge is 0.253 e. The number of hydrogen-bond acceptors (Lipinski definition) is 7. The molecule has 8 nitrogen and oxygen atoms in total. The molecule has 1 aliphatic heterocycles. The van der Waals surface area contributed by atoms with Gasteiger partial charge in [-0.05, 0) is 135 Å². The van der Waals surface area contributed by atoms with Crippen LogP contribution in [0.25, 0.3) is 21.9 Å². The zero-order chi connectivity index (χ0) is 32.4. The molecule has 4 heterocycles. The molecule has 0 unspecified atom stereocenters. The fraction of sp³-hybridized carbons (Fsp3) is 0.500. The topological polar surface area (TPSA) is 80.4 Å². The van der Waals surface area contributed by atoms with E-state index >= 15 is 0 Å². The minimum Gasteiger partial charge on any atom is -0.368 e. The van der Waals surface area contributed by atoms with Gasteiger partial charge in [0, 0.05) is 82.5 Å². The van der Waals surface area contributed by atoms with Crippen LogP contribution in [0, 0.1) is 13.8 Å². The molecule has 1 aromatic carbocycles. The number of H-pyrrole nitrogens is 1. The highest BCUT2D eigenvalue weighted by atomic mass is 16.1. The molecule has 0 radical (unpaired) electrons. The summed E-state index contributed by atoms with van der Waals surface area (Å²) in [6.45, 7) is 9.80. The number of nitrogens with zero attached hydrogens (tertiary/aromatic N) is 5. The number of rotatable bonds is 9. The molecule has 4 aromatic rings. The molecular formula is C38H51N7O. The van der Waals surface area contributed by atoms with E-state index in [1.54, 1.807) is 0 Å². The maximum atomic E-state index is 12.8. The Labute approximate surface area is 274 Å². The maximum Gasteiger partial charge on any atom is 0.253 e. The number of likely N-dealkylation sites (tertiary alicyclic amines) is 1. The Morgan fingerprint density at radius 3 is 2.30 bits per heavy atom. The average Bonchev–Trinajstić information content (AvgIpc) is 3.05. The Balaban J connectivity index is 1.39. The molecule has 1 saturated carbocycles. The molecule has 0 atom stereocenters. The van der Waals surface area contributed by atoms with Crippen molar-refractivity contribution in [3.8, 4) is 11.1 Å². The molecule has 1 aliphatic carbocycles. The number of pyridine rings is 3. The maximum absolute atomic E-state index is 12.8. The summed E-state index contributed by atoms with van der Waals surface area (Å²) in [7, 11) is 6.62. The molecule has 2 aliphatic rings. The van der Waals surface area contributed by atoms with Gasteiger partial charge in [-0.3, -0.25) is 9.78 Å². The Hall–Kier alpha value is -3.75. The second kappa shape index (κ2) is 13.9. The van der Waals surface area contributed by atoms with Gasteiger partial charge >= 0.3 is 0 Å². The lowest BCUT2D eigenvalue weighted by molar-refractivity contribution is 0.214. The van der Waals surface area contributed by atoms with E-state index in [0.29, 0.717) is 24.5 Å². The predicted molar refractivity (Wildman–Crippen MR) is 191 cm³/mol. The van der Waals surface area contributed by atoms with Crippen molar-refractivity contribution in [3.05, 3.63) is 81.7 Å². The monoisotopic (exact) mass is 621 g/mol. The fourth-order valence-corrected chi connectivity index (χ4v) is 7.72. The molecule has 8 heteroatoms. The molecule has 46 heavy (non-hydrogen) atoms. The third-order valence-electron chi connectivity index (χ3n) is 10.5. The quantitative estimate of drug-likeness (QED) is 0.215. The van der Waals surface area contributed by atoms with Crippen molar-refractivity contribution in [2.75, 3.05) is 51.0 Å². The third kappa shape index (κ3) is 6.83. The first-order valence-electron chi connectivity index (χ1n) is 17.2. The highest BCUT2D eigenvalue weighted by Gasteiger charge is 2.28. The van der Waals surface area contributed by atoms with Crippen molar-refractivity contribution in [1.82, 2.24) is 24.8 Å². The van der Waals surface area contributed by atoms with Gasteiger partial charge in [-0.2, -0.15) is 0 Å². The van der Waals surface area contributed by atoms with E-state index in [4.69, 9.17) is 9.97 Å². The zero-order valence-corrected chi connectivity index (χ0v) is 28.6. The summed E-state index contributed by atoms with van der Waals surface area (Å²) >= 11 is 0. The number of aromatic nitrogens is 3. The van der Waals surface area contributed by atoms with Crippen molar-refractivity contribution in [2.45, 2.75) is 83.8 Å². The van der Waals surface area contributed by atoms with Crippen molar-refractivity contribution >= 4 is 22.3 Å². The number of aryl methyl sites for hydroxylation is 2. The summed E-state index contributed by atoms with van der Waals surface area (Å²) < 4.78 is 0. The van der Waals surface area contributed by atoms with Crippen LogP contribution in [0.15, 0.2) is 53.6 Å². The van der Waals surface area contributed by atoms with E-state index in [2.05, 4.69) is 89.6 Å². The highest BCUT2D eigenvalue weighted by Crippen LogP contribution is 2.39. The van der Waals surface area contributed by atoms with E-state index in [9.17, 15) is 4.79 Å². The highest BCUT2D eigenvalue weighted by molar-refractivity contribution is 6.03. The number of aromatic amines is 1. The second-order valence-electron chi connectivity index (χ2n) is 13.8. The fourth-order valence-electron chi connectivity index (χ4n) is 7.72. The number of nitrogens with one attached hydrogen (secondary N) is 2. The van der Waals surface area contributed by atoms with Gasteiger partial charge in [0.1, 0.15) is 5.82 Å². The number of piperidine rings is 1. The van der Waals surface area contributed by atoms with E-state index < -0.39 is 0 Å². The van der Waals surface area contributed by atoms with E-state index in [-0.39, 0.29) is 5.56 Å². The van der Waals surface area contributed by atoms with Gasteiger partial charge < -0.3 is 25.0 Å². The second-order valence-corrected chi connectivity index (χ2v) is 13.8. The first-order chi connectivity index (χ1) is 22.2. The molecule has 0 amide bonds. The summed E-state index contributed by atoms with van der Waals surface area (Å²) in [4.78, 5) is 33.0. The molecule has 2 fully saturated rings. The summed E-state index contributed by atoms with van der Waals surface area (Å²) in [6, 6.07) is 14.4. The number of hydrogen-bond donors (Lipinski definition) is 2. The molecule has 3 aromatic heterocycles. The van der Waals surface area contributed by atoms with Crippen LogP contribution in [0.3, 0.4) is 0 Å². The summed E-state index contributed by atoms with van der Waals surface area (Å²) in [5.41, 5.74) is 7.26. The molecule has 0 spiro atoms. The van der Waals surface area contributed by atoms with Gasteiger partial charge in [-0.25, -0.2) is 4.98 Å². The van der Waals surface area contributed by atoms with Crippen molar-refractivity contribution in [1.29, 1.82) is 0 Å². The zero-order valence-electron chi connectivity index (χ0n) is 28.6. The van der Waals surface area contributed by atoms with Crippen LogP contribution < -0.4 is 15.8 Å². The summed E-state index contributed by atoms with van der Waals surface area (Å²) in [5, 5.41) is 5.80. The van der Waals surface area contributed by atoms with Gasteiger partial charge in [0.25, 0.3) is 5.56 Å². The Kier molecular flexibility index (Phi) is 9.76. The molecule has 0 bridgehead atoms. The first kappa shape index (κ1) is 32.2. The lowest BCUT2D eigenvalue weighted by Crippen LogP contribution is -2.42. The van der Waals surface area contributed by atoms with Gasteiger partial charge in [0.15, 0.2) is 0 Å². The van der Waals surface area contributed by atoms with Crippen molar-refractivity contribution < 1.29 is 0 Å². The van der Waals surface area contributed by atoms with Gasteiger partial charge in [0.05, 0.1) is 0 Å². The van der Waals surface area contributed by atoms with Gasteiger partial charge in [-0.15, -0.1) is 0 Å². The van der Waals surface area contributed by atoms with Crippen molar-refractivity contribution in [2.24, 2.45) is 0 Å². The summed E-state index contributed by atoms with van der Waals surface area (Å²) in [6.07, 6.45) is 11.1. The van der Waals surface area contributed by atoms with Crippen LogP contribution >= 0.6 is 0 Å². The van der Waals surface area contributed by atoms with Crippen LogP contribution in [0.1, 0.15) is 73.9 Å². The lowest BCUT2D eigenvalue weighted by atomic mass is 9.88. The lowest BCUT2D eigenvalue weighted by Gasteiger charge is -2.40. The van der Waals surface area contributed by atoms with Crippen LogP contribution in [0.4, 0.5) is 11.5 Å². The van der Waals surface area contributed by atoms with Crippen LogP contribution in [-0.4, -0.2) is 77.6 Å². The Bertz CT molecular complexity index is 1700. The third-order valence-corrected chi connectivity index (χ3v) is 10.5. The summed E-state index contributed by atoms with van der Waals surface area (Å²) in [5.74, 6) is 1.32. The Morgan fingerprint density at radius 2 is 1.65 bits per heavy atom. The van der Waals surface area contributed by atoms with Crippen LogP contribution in [-0.2, 0) is 6.54 Å². The molecule has 1 saturated heterocycles. The molecular weight excluding hydrogens is 570 g/mol. The first-order valence-corrected chi connectivity index (χ1v) is 17.2. The Morgan fingerprint density at radius 1 is 0.913 bits per heavy atom. The van der Waals surface area contributed by atoms with Crippen LogP contribution in [0.2, 0.25) is 0 Å². The largest absolute Gasteiger partial charge is 0.368 e. The molecule has 244 valence electrons. The van der Waals surface area contributed by atoms with Crippen molar-refractivity contribution in [3.63, 3.8) is 0 Å². The predicted octanol–water partition coefficient (Wildman–Crippen LogP) is 6.72. The van der Waals surface area contributed by atoms with Crippen LogP contribution in [0.5, 0.6) is 0 Å². The van der Waals surface area contributed by atoms with Gasteiger partial charge in [0.2, 0.25) is 0 Å².